The van der Waals surface area contributed by atoms with E-state index < -0.39 is 11.6 Å². The van der Waals surface area contributed by atoms with Crippen molar-refractivity contribution >= 4 is 5.97 Å². The van der Waals surface area contributed by atoms with Crippen LogP contribution in [0.25, 0.3) is 0 Å². The van der Waals surface area contributed by atoms with Gasteiger partial charge in [0.2, 0.25) is 0 Å². The molecule has 1 heterocycles. The minimum Gasteiger partial charge on any atom is -0.459 e. The molecule has 1 aliphatic heterocycles. The van der Waals surface area contributed by atoms with Crippen LogP contribution in [0.2, 0.25) is 0 Å². The van der Waals surface area contributed by atoms with Gasteiger partial charge in [0.1, 0.15) is 6.10 Å². The second-order valence-corrected chi connectivity index (χ2v) is 6.60. The number of rotatable bonds is 3. The minimum atomic E-state index is -1.99. The largest absolute Gasteiger partial charge is 0.459 e. The molecule has 1 aliphatic rings. The van der Waals surface area contributed by atoms with Gasteiger partial charge in [0.25, 0.3) is 5.60 Å². The average Bonchev–Trinajstić information content (AvgIpc) is 2.69. The van der Waals surface area contributed by atoms with Crippen LogP contribution in [0.4, 0.5) is 0 Å². The van der Waals surface area contributed by atoms with Crippen LogP contribution in [0.1, 0.15) is 24.0 Å². The lowest BCUT2D eigenvalue weighted by atomic mass is 9.93. The molecule has 0 unspecified atom stereocenters. The zero-order chi connectivity index (χ0) is 18.4. The average molecular weight is 349 g/mol. The number of carbonyl (C=O) groups is 1. The van der Waals surface area contributed by atoms with Gasteiger partial charge in [0.15, 0.2) is 0 Å². The normalized spacial score (nSPS) is 17.6. The molecule has 2 aromatic rings. The van der Waals surface area contributed by atoms with E-state index in [1.165, 1.54) is 0 Å². The highest BCUT2D eigenvalue weighted by Crippen LogP contribution is 2.25. The van der Waals surface area contributed by atoms with E-state index in [-0.39, 0.29) is 6.10 Å². The Morgan fingerprint density at radius 1 is 1.08 bits per heavy atom. The second kappa shape index (κ2) is 8.18. The summed E-state index contributed by atoms with van der Waals surface area (Å²) in [7, 11) is 2.05. The van der Waals surface area contributed by atoms with Crippen LogP contribution < -0.4 is 0 Å². The molecule has 1 N–H and O–H groups in total. The molecule has 2 aromatic carbocycles. The fraction of sp³-hybridized carbons (Fsp3) is 0.318. The Morgan fingerprint density at radius 3 is 2.27 bits per heavy atom. The highest BCUT2D eigenvalue weighted by atomic mass is 16.6. The Morgan fingerprint density at radius 2 is 1.65 bits per heavy atom. The van der Waals surface area contributed by atoms with Crippen molar-refractivity contribution in [3.8, 4) is 11.8 Å². The summed E-state index contributed by atoms with van der Waals surface area (Å²) in [5, 5.41) is 11.1. The van der Waals surface area contributed by atoms with E-state index in [2.05, 4.69) is 16.7 Å². The first-order valence-corrected chi connectivity index (χ1v) is 8.84. The van der Waals surface area contributed by atoms with E-state index in [4.69, 9.17) is 4.74 Å². The van der Waals surface area contributed by atoms with Gasteiger partial charge in [-0.2, -0.15) is 0 Å². The molecule has 1 atom stereocenters. The zero-order valence-corrected chi connectivity index (χ0v) is 14.9. The summed E-state index contributed by atoms with van der Waals surface area (Å²) in [6.45, 7) is 1.74. The van der Waals surface area contributed by atoms with Crippen molar-refractivity contribution in [2.75, 3.05) is 20.1 Å². The predicted molar refractivity (Wildman–Crippen MR) is 100 cm³/mol. The summed E-state index contributed by atoms with van der Waals surface area (Å²) in [6, 6.07) is 18.0. The Kier molecular flexibility index (Phi) is 5.72. The third-order valence-electron chi connectivity index (χ3n) is 4.59. The third kappa shape index (κ3) is 4.32. The van der Waals surface area contributed by atoms with Gasteiger partial charge >= 0.3 is 5.97 Å². The lowest BCUT2D eigenvalue weighted by Crippen LogP contribution is -2.41. The lowest BCUT2D eigenvalue weighted by molar-refractivity contribution is -0.168. The third-order valence-corrected chi connectivity index (χ3v) is 4.59. The van der Waals surface area contributed by atoms with Crippen molar-refractivity contribution < 1.29 is 14.6 Å². The first-order chi connectivity index (χ1) is 12.6. The summed E-state index contributed by atoms with van der Waals surface area (Å²) in [4.78, 5) is 15.0. The molecule has 3 rings (SSSR count). The van der Waals surface area contributed by atoms with Crippen LogP contribution in [-0.2, 0) is 15.1 Å². The van der Waals surface area contributed by atoms with Crippen LogP contribution in [0.15, 0.2) is 60.7 Å². The Labute approximate surface area is 154 Å². The number of hydrogen-bond donors (Lipinski definition) is 1. The summed E-state index contributed by atoms with van der Waals surface area (Å²) in [5.41, 5.74) is -0.837. The van der Waals surface area contributed by atoms with Gasteiger partial charge in [-0.25, -0.2) is 4.79 Å². The molecule has 4 nitrogen and oxygen atoms in total. The Balaban J connectivity index is 1.86. The molecular formula is C22H23NO3. The molecule has 26 heavy (non-hydrogen) atoms. The molecule has 1 fully saturated rings. The number of likely N-dealkylation sites (tertiary alicyclic amines) is 1. The second-order valence-electron chi connectivity index (χ2n) is 6.60. The minimum absolute atomic E-state index is 0.188. The maximum absolute atomic E-state index is 12.8. The molecule has 0 spiro atoms. The molecule has 0 radical (unpaired) electrons. The molecule has 0 amide bonds. The van der Waals surface area contributed by atoms with Crippen molar-refractivity contribution in [1.29, 1.82) is 0 Å². The lowest BCUT2D eigenvalue weighted by Gasteiger charge is -2.30. The standard InChI is InChI=1S/C22H23NO3/c1-23-16-13-20(14-17-23)26-21(24)22(25,19-10-6-3-7-11-19)15-12-18-8-4-2-5-9-18/h2-11,20,25H,13-14,16-17H2,1H3/t22-/m1/s1. The van der Waals surface area contributed by atoms with E-state index in [9.17, 15) is 9.90 Å². The van der Waals surface area contributed by atoms with Crippen LogP contribution in [0, 0.1) is 11.8 Å². The molecule has 0 aromatic heterocycles. The number of benzene rings is 2. The van der Waals surface area contributed by atoms with Gasteiger partial charge in [0, 0.05) is 24.2 Å². The van der Waals surface area contributed by atoms with E-state index in [1.807, 2.05) is 43.4 Å². The van der Waals surface area contributed by atoms with E-state index in [0.717, 1.165) is 31.5 Å². The number of esters is 1. The maximum atomic E-state index is 12.8. The molecule has 4 heteroatoms. The number of hydrogen-bond acceptors (Lipinski definition) is 4. The van der Waals surface area contributed by atoms with Crippen LogP contribution in [0.3, 0.4) is 0 Å². The first-order valence-electron chi connectivity index (χ1n) is 8.84. The highest BCUT2D eigenvalue weighted by Gasteiger charge is 2.39. The van der Waals surface area contributed by atoms with E-state index in [1.54, 1.807) is 24.3 Å². The van der Waals surface area contributed by atoms with Crippen LogP contribution >= 0.6 is 0 Å². The van der Waals surface area contributed by atoms with Crippen molar-refractivity contribution in [1.82, 2.24) is 4.90 Å². The maximum Gasteiger partial charge on any atom is 0.356 e. The van der Waals surface area contributed by atoms with E-state index in [0.29, 0.717) is 5.56 Å². The molecule has 0 saturated carbocycles. The van der Waals surface area contributed by atoms with Crippen molar-refractivity contribution in [3.05, 3.63) is 71.8 Å². The molecular weight excluding hydrogens is 326 g/mol. The van der Waals surface area contributed by atoms with Crippen LogP contribution in [-0.4, -0.2) is 42.2 Å². The fourth-order valence-corrected chi connectivity index (χ4v) is 2.94. The number of carbonyl (C=O) groups excluding carboxylic acids is 1. The topological polar surface area (TPSA) is 49.8 Å². The fourth-order valence-electron chi connectivity index (χ4n) is 2.94. The van der Waals surface area contributed by atoms with Gasteiger partial charge in [-0.15, -0.1) is 0 Å². The number of piperidine rings is 1. The smallest absolute Gasteiger partial charge is 0.356 e. The summed E-state index contributed by atoms with van der Waals surface area (Å²) >= 11 is 0. The predicted octanol–water partition coefficient (Wildman–Crippen LogP) is 2.56. The van der Waals surface area contributed by atoms with Crippen molar-refractivity contribution in [2.45, 2.75) is 24.5 Å². The summed E-state index contributed by atoms with van der Waals surface area (Å²) in [6.07, 6.45) is 1.34. The molecule has 0 aliphatic carbocycles. The quantitative estimate of drug-likeness (QED) is 0.683. The number of aliphatic hydroxyl groups is 1. The Bertz CT molecular complexity index is 786. The van der Waals surface area contributed by atoms with Gasteiger partial charge in [-0.05, 0) is 37.9 Å². The van der Waals surface area contributed by atoms with E-state index >= 15 is 0 Å². The molecule has 1 saturated heterocycles. The monoisotopic (exact) mass is 349 g/mol. The molecule has 134 valence electrons. The Hall–Kier alpha value is -2.61. The van der Waals surface area contributed by atoms with Gasteiger partial charge in [0.05, 0.1) is 0 Å². The first kappa shape index (κ1) is 18.2. The number of ether oxygens (including phenoxy) is 1. The van der Waals surface area contributed by atoms with Gasteiger partial charge < -0.3 is 14.7 Å². The highest BCUT2D eigenvalue weighted by molar-refractivity contribution is 5.85. The SMILES string of the molecule is CN1CCC(OC(=O)[C@@](O)(C#Cc2ccccc2)c2ccccc2)CC1. The summed E-state index contributed by atoms with van der Waals surface area (Å²) < 4.78 is 5.63. The van der Waals surface area contributed by atoms with Gasteiger partial charge in [-0.1, -0.05) is 54.5 Å². The zero-order valence-electron chi connectivity index (χ0n) is 14.9. The molecule has 0 bridgehead atoms. The van der Waals surface area contributed by atoms with Gasteiger partial charge in [-0.3, -0.25) is 0 Å². The summed E-state index contributed by atoms with van der Waals surface area (Å²) in [5.74, 6) is 4.94. The van der Waals surface area contributed by atoms with Crippen molar-refractivity contribution in [2.24, 2.45) is 0 Å². The number of nitrogens with zero attached hydrogens (tertiary/aromatic N) is 1. The van der Waals surface area contributed by atoms with Crippen molar-refractivity contribution in [3.63, 3.8) is 0 Å². The van der Waals surface area contributed by atoms with Crippen LogP contribution in [0.5, 0.6) is 0 Å².